The second kappa shape index (κ2) is 13.2. The van der Waals surface area contributed by atoms with Crippen LogP contribution in [0.1, 0.15) is 44.8 Å². The molecule has 0 spiro atoms. The molecule has 8 nitrogen and oxygen atoms in total. The molecule has 0 aromatic carbocycles. The van der Waals surface area contributed by atoms with Crippen molar-refractivity contribution in [2.45, 2.75) is 46.2 Å². The van der Waals surface area contributed by atoms with Crippen LogP contribution in [0, 0.1) is 12.8 Å². The Morgan fingerprint density at radius 1 is 1.00 bits per heavy atom. The smallest absolute Gasteiger partial charge is 0.191 e. The zero-order chi connectivity index (χ0) is 22.8. The zero-order valence-corrected chi connectivity index (χ0v) is 20.4. The lowest BCUT2D eigenvalue weighted by atomic mass is 10.0. The quantitative estimate of drug-likeness (QED) is 0.419. The lowest BCUT2D eigenvalue weighted by molar-refractivity contribution is 0.0123. The molecule has 8 heteroatoms. The van der Waals surface area contributed by atoms with Crippen LogP contribution in [0.15, 0.2) is 21.5 Å². The molecule has 2 fully saturated rings. The number of nitrogens with zero attached hydrogens (tertiary/aromatic N) is 3. The highest BCUT2D eigenvalue weighted by atomic mass is 16.5. The third kappa shape index (κ3) is 7.76. The van der Waals surface area contributed by atoms with Crippen LogP contribution in [0.3, 0.4) is 0 Å². The average Bonchev–Trinajstić information content (AvgIpc) is 3.23. The summed E-state index contributed by atoms with van der Waals surface area (Å²) >= 11 is 0. The average molecular weight is 450 g/mol. The van der Waals surface area contributed by atoms with E-state index in [-0.39, 0.29) is 6.04 Å². The van der Waals surface area contributed by atoms with Crippen molar-refractivity contribution in [1.29, 1.82) is 0 Å². The summed E-state index contributed by atoms with van der Waals surface area (Å²) < 4.78 is 17.1. The molecule has 2 unspecified atom stereocenters. The lowest BCUT2D eigenvalue weighted by Gasteiger charge is -2.35. The molecule has 0 saturated carbocycles. The fourth-order valence-electron chi connectivity index (χ4n) is 4.49. The highest BCUT2D eigenvalue weighted by Gasteiger charge is 2.26. The van der Waals surface area contributed by atoms with Gasteiger partial charge in [-0.3, -0.25) is 14.8 Å². The van der Waals surface area contributed by atoms with Crippen LogP contribution in [0.5, 0.6) is 0 Å². The number of nitrogens with one attached hydrogen (secondary N) is 2. The molecule has 3 rings (SSSR count). The van der Waals surface area contributed by atoms with Crippen LogP contribution in [0.2, 0.25) is 0 Å². The molecule has 1 aromatic rings. The van der Waals surface area contributed by atoms with E-state index in [0.717, 1.165) is 96.1 Å². The molecule has 1 aromatic heterocycles. The Balaban J connectivity index is 1.66. The first-order valence-corrected chi connectivity index (χ1v) is 12.3. The molecule has 3 heterocycles. The third-order valence-corrected chi connectivity index (χ3v) is 6.15. The lowest BCUT2D eigenvalue weighted by Crippen LogP contribution is -2.48. The highest BCUT2D eigenvalue weighted by Crippen LogP contribution is 2.23. The van der Waals surface area contributed by atoms with Gasteiger partial charge in [-0.05, 0) is 38.3 Å². The molecule has 0 aliphatic carbocycles. The van der Waals surface area contributed by atoms with Crippen molar-refractivity contribution in [3.05, 3.63) is 23.7 Å². The Labute approximate surface area is 193 Å². The van der Waals surface area contributed by atoms with Crippen LogP contribution in [0.25, 0.3) is 0 Å². The predicted octanol–water partition coefficient (Wildman–Crippen LogP) is 2.26. The van der Waals surface area contributed by atoms with E-state index in [2.05, 4.69) is 47.3 Å². The van der Waals surface area contributed by atoms with E-state index in [4.69, 9.17) is 18.9 Å². The van der Waals surface area contributed by atoms with Crippen molar-refractivity contribution in [3.63, 3.8) is 0 Å². The number of aliphatic imine (C=N–C) groups is 1. The first-order valence-electron chi connectivity index (χ1n) is 12.3. The first-order chi connectivity index (χ1) is 15.6. The molecule has 2 aliphatic heterocycles. The number of hydrogen-bond acceptors (Lipinski definition) is 6. The Kier molecular flexibility index (Phi) is 10.3. The van der Waals surface area contributed by atoms with E-state index in [0.29, 0.717) is 12.0 Å². The number of furan rings is 1. The maximum Gasteiger partial charge on any atom is 0.191 e. The summed E-state index contributed by atoms with van der Waals surface area (Å²) in [5, 5.41) is 7.02. The molecule has 182 valence electrons. The van der Waals surface area contributed by atoms with Gasteiger partial charge in [0.25, 0.3) is 0 Å². The van der Waals surface area contributed by atoms with Gasteiger partial charge in [-0.1, -0.05) is 13.8 Å². The number of morpholine rings is 2. The minimum Gasteiger partial charge on any atom is -0.465 e. The largest absolute Gasteiger partial charge is 0.465 e. The molecular weight excluding hydrogens is 406 g/mol. The zero-order valence-electron chi connectivity index (χ0n) is 20.4. The number of aryl methyl sites for hydroxylation is 1. The van der Waals surface area contributed by atoms with Gasteiger partial charge in [-0.2, -0.15) is 0 Å². The second-order valence-electron chi connectivity index (χ2n) is 9.14. The minimum absolute atomic E-state index is 0.155. The third-order valence-electron chi connectivity index (χ3n) is 6.15. The van der Waals surface area contributed by atoms with Crippen LogP contribution in [-0.2, 0) is 9.47 Å². The van der Waals surface area contributed by atoms with Crippen molar-refractivity contribution >= 4 is 5.96 Å². The summed E-state index contributed by atoms with van der Waals surface area (Å²) in [6.45, 7) is 18.0. The molecule has 0 amide bonds. The molecule has 2 saturated heterocycles. The number of rotatable bonds is 10. The summed E-state index contributed by atoms with van der Waals surface area (Å²) in [5.41, 5.74) is 0. The van der Waals surface area contributed by atoms with Gasteiger partial charge in [0.2, 0.25) is 0 Å². The summed E-state index contributed by atoms with van der Waals surface area (Å²) in [6, 6.07) is 4.73. The SMILES string of the molecule is CCNC(=NCC(CC(C)C)N1CCOCC1)NCC(c1ccc(C)o1)N1CCOCC1. The Morgan fingerprint density at radius 2 is 1.66 bits per heavy atom. The summed E-state index contributed by atoms with van der Waals surface area (Å²) in [6.07, 6.45) is 1.14. The van der Waals surface area contributed by atoms with Gasteiger partial charge in [0.15, 0.2) is 5.96 Å². The minimum atomic E-state index is 0.155. The van der Waals surface area contributed by atoms with E-state index in [1.165, 1.54) is 0 Å². The van der Waals surface area contributed by atoms with E-state index in [9.17, 15) is 0 Å². The highest BCUT2D eigenvalue weighted by molar-refractivity contribution is 5.79. The molecule has 2 atom stereocenters. The predicted molar refractivity (Wildman–Crippen MR) is 128 cm³/mol. The van der Waals surface area contributed by atoms with Gasteiger partial charge in [0, 0.05) is 45.3 Å². The monoisotopic (exact) mass is 449 g/mol. The Bertz CT molecular complexity index is 681. The van der Waals surface area contributed by atoms with Crippen LogP contribution >= 0.6 is 0 Å². The first kappa shape index (κ1) is 25.0. The topological polar surface area (TPSA) is 74.5 Å². The van der Waals surface area contributed by atoms with Crippen molar-refractivity contribution in [1.82, 2.24) is 20.4 Å². The van der Waals surface area contributed by atoms with E-state index in [1.54, 1.807) is 0 Å². The maximum absolute atomic E-state index is 6.01. The van der Waals surface area contributed by atoms with E-state index in [1.807, 2.05) is 13.0 Å². The van der Waals surface area contributed by atoms with Gasteiger partial charge >= 0.3 is 0 Å². The van der Waals surface area contributed by atoms with Crippen molar-refractivity contribution < 1.29 is 13.9 Å². The Hall–Kier alpha value is -1.61. The van der Waals surface area contributed by atoms with Crippen molar-refractivity contribution in [2.75, 3.05) is 72.2 Å². The molecule has 2 N–H and O–H groups in total. The number of guanidine groups is 1. The summed E-state index contributed by atoms with van der Waals surface area (Å²) in [4.78, 5) is 9.97. The molecule has 2 aliphatic rings. The molecule has 32 heavy (non-hydrogen) atoms. The fourth-order valence-corrected chi connectivity index (χ4v) is 4.49. The number of hydrogen-bond donors (Lipinski definition) is 2. The maximum atomic E-state index is 6.01. The summed E-state index contributed by atoms with van der Waals surface area (Å²) in [5.74, 6) is 3.46. The molecular formula is C24H43N5O3. The Morgan fingerprint density at radius 3 is 2.22 bits per heavy atom. The number of ether oxygens (including phenoxy) is 2. The van der Waals surface area contributed by atoms with Gasteiger partial charge in [-0.25, -0.2) is 0 Å². The van der Waals surface area contributed by atoms with Crippen LogP contribution < -0.4 is 10.6 Å². The molecule has 0 bridgehead atoms. The van der Waals surface area contributed by atoms with E-state index >= 15 is 0 Å². The van der Waals surface area contributed by atoms with Crippen molar-refractivity contribution in [2.24, 2.45) is 10.9 Å². The van der Waals surface area contributed by atoms with Gasteiger partial charge < -0.3 is 24.5 Å². The fraction of sp³-hybridized carbons (Fsp3) is 0.792. The summed E-state index contributed by atoms with van der Waals surface area (Å²) in [7, 11) is 0. The van der Waals surface area contributed by atoms with Gasteiger partial charge in [-0.15, -0.1) is 0 Å². The van der Waals surface area contributed by atoms with Gasteiger partial charge in [0.1, 0.15) is 11.5 Å². The van der Waals surface area contributed by atoms with Crippen LogP contribution in [-0.4, -0.2) is 94.0 Å². The molecule has 0 radical (unpaired) electrons. The normalized spacial score (nSPS) is 21.0. The van der Waals surface area contributed by atoms with E-state index < -0.39 is 0 Å². The standard InChI is InChI=1S/C24H43N5O3/c1-5-25-24(26-17-21(16-19(2)3)28-8-12-30-13-9-28)27-18-22(23-7-6-20(4)32-23)29-10-14-31-15-11-29/h6-7,19,21-22H,5,8-18H2,1-4H3,(H2,25,26,27). The second-order valence-corrected chi connectivity index (χ2v) is 9.14. The van der Waals surface area contributed by atoms with Gasteiger partial charge in [0.05, 0.1) is 39.0 Å². The van der Waals surface area contributed by atoms with Crippen molar-refractivity contribution in [3.8, 4) is 0 Å². The van der Waals surface area contributed by atoms with Crippen LogP contribution in [0.4, 0.5) is 0 Å².